The molecule has 3 heterocycles. The Morgan fingerprint density at radius 1 is 1.04 bits per heavy atom. The van der Waals surface area contributed by atoms with E-state index in [9.17, 15) is 0 Å². The van der Waals surface area contributed by atoms with Crippen molar-refractivity contribution in [3.8, 4) is 0 Å². The van der Waals surface area contributed by atoms with E-state index in [1.165, 1.54) is 17.5 Å². The highest BCUT2D eigenvalue weighted by atomic mass is 16.3. The second-order valence-electron chi connectivity index (χ2n) is 5.88. The van der Waals surface area contributed by atoms with Crippen molar-refractivity contribution in [3.63, 3.8) is 0 Å². The summed E-state index contributed by atoms with van der Waals surface area (Å²) in [5, 5.41) is 21.9. The predicted octanol–water partition coefficient (Wildman–Crippen LogP) is 1.68. The highest BCUT2D eigenvalue weighted by molar-refractivity contribution is 5.86. The highest BCUT2D eigenvalue weighted by Gasteiger charge is 2.10. The minimum atomic E-state index is 0.0182. The van der Waals surface area contributed by atoms with Crippen LogP contribution >= 0.6 is 0 Å². The summed E-state index contributed by atoms with van der Waals surface area (Å²) in [6.45, 7) is 1.78. The van der Waals surface area contributed by atoms with E-state index in [0.29, 0.717) is 18.7 Å². The molecule has 8 heteroatoms. The van der Waals surface area contributed by atoms with Crippen molar-refractivity contribution in [1.82, 2.24) is 29.5 Å². The lowest BCUT2D eigenvalue weighted by Crippen LogP contribution is -2.08. The van der Waals surface area contributed by atoms with Gasteiger partial charge in [-0.3, -0.25) is 4.68 Å². The van der Waals surface area contributed by atoms with Gasteiger partial charge in [0, 0.05) is 18.9 Å². The van der Waals surface area contributed by atoms with Crippen LogP contribution in [0.2, 0.25) is 0 Å². The van der Waals surface area contributed by atoms with Crippen molar-refractivity contribution in [3.05, 3.63) is 66.4 Å². The Morgan fingerprint density at radius 3 is 2.73 bits per heavy atom. The van der Waals surface area contributed by atoms with Gasteiger partial charge in [0.1, 0.15) is 12.1 Å². The van der Waals surface area contributed by atoms with E-state index >= 15 is 0 Å². The van der Waals surface area contributed by atoms with Crippen LogP contribution in [0, 0.1) is 0 Å². The molecule has 3 aromatic heterocycles. The number of nitrogens with zero attached hydrogens (tertiary/aromatic N) is 6. The van der Waals surface area contributed by atoms with Gasteiger partial charge in [0.25, 0.3) is 0 Å². The number of benzene rings is 1. The van der Waals surface area contributed by atoms with E-state index < -0.39 is 0 Å². The summed E-state index contributed by atoms with van der Waals surface area (Å²) >= 11 is 0. The van der Waals surface area contributed by atoms with Gasteiger partial charge >= 0.3 is 0 Å². The second kappa shape index (κ2) is 7.32. The Kier molecular flexibility index (Phi) is 4.57. The van der Waals surface area contributed by atoms with Crippen LogP contribution in [0.15, 0.2) is 55.2 Å². The van der Waals surface area contributed by atoms with Crippen LogP contribution in [0.5, 0.6) is 0 Å². The molecular formula is C18H19N7O. The molecule has 0 atom stereocenters. The molecule has 0 fully saturated rings. The first kappa shape index (κ1) is 16.2. The van der Waals surface area contributed by atoms with Crippen molar-refractivity contribution >= 4 is 16.9 Å². The Bertz CT molecular complexity index is 994. The smallest absolute Gasteiger partial charge is 0.163 e. The number of aliphatic hydroxyl groups excluding tert-OH is 1. The van der Waals surface area contributed by atoms with Gasteiger partial charge in [-0.15, -0.1) is 0 Å². The fraction of sp³-hybridized carbons (Fsp3) is 0.222. The molecule has 8 nitrogen and oxygen atoms in total. The molecule has 132 valence electrons. The molecule has 0 saturated carbocycles. The van der Waals surface area contributed by atoms with Gasteiger partial charge < -0.3 is 10.4 Å². The van der Waals surface area contributed by atoms with Crippen LogP contribution in [0.25, 0.3) is 11.0 Å². The molecule has 0 amide bonds. The summed E-state index contributed by atoms with van der Waals surface area (Å²) in [7, 11) is 0. The lowest BCUT2D eigenvalue weighted by atomic mass is 10.1. The third-order valence-electron chi connectivity index (χ3n) is 4.20. The summed E-state index contributed by atoms with van der Waals surface area (Å²) in [6.07, 6.45) is 6.97. The van der Waals surface area contributed by atoms with Gasteiger partial charge in [-0.25, -0.2) is 14.6 Å². The van der Waals surface area contributed by atoms with Crippen LogP contribution in [0.1, 0.15) is 11.1 Å². The van der Waals surface area contributed by atoms with E-state index in [1.54, 1.807) is 17.1 Å². The molecule has 26 heavy (non-hydrogen) atoms. The molecule has 4 aromatic rings. The van der Waals surface area contributed by atoms with Crippen molar-refractivity contribution in [2.75, 3.05) is 11.9 Å². The Labute approximate surface area is 150 Å². The summed E-state index contributed by atoms with van der Waals surface area (Å²) in [5.74, 6) is 0.730. The number of rotatable bonds is 7. The normalized spacial score (nSPS) is 11.1. The number of hydrogen-bond donors (Lipinski definition) is 2. The average Bonchev–Trinajstić information content (AvgIpc) is 3.32. The van der Waals surface area contributed by atoms with Crippen LogP contribution < -0.4 is 5.32 Å². The summed E-state index contributed by atoms with van der Waals surface area (Å²) in [4.78, 5) is 8.61. The maximum atomic E-state index is 9.13. The monoisotopic (exact) mass is 349 g/mol. The minimum absolute atomic E-state index is 0.0182. The molecule has 0 aliphatic rings. The maximum Gasteiger partial charge on any atom is 0.163 e. The molecule has 0 aliphatic carbocycles. The molecular weight excluding hydrogens is 330 g/mol. The summed E-state index contributed by atoms with van der Waals surface area (Å²) in [5.41, 5.74) is 3.09. The van der Waals surface area contributed by atoms with Crippen molar-refractivity contribution in [2.24, 2.45) is 0 Å². The number of fused-ring (bicyclic) bond motifs is 1. The van der Waals surface area contributed by atoms with Crippen LogP contribution in [0.4, 0.5) is 5.82 Å². The number of aromatic nitrogens is 6. The van der Waals surface area contributed by atoms with E-state index in [4.69, 9.17) is 5.11 Å². The first-order chi connectivity index (χ1) is 12.8. The number of aliphatic hydroxyl groups is 1. The average molecular weight is 349 g/mol. The summed E-state index contributed by atoms with van der Waals surface area (Å²) in [6, 6.07) is 10.2. The molecule has 0 unspecified atom stereocenters. The van der Waals surface area contributed by atoms with Crippen LogP contribution in [-0.4, -0.2) is 41.2 Å². The molecule has 4 rings (SSSR count). The third kappa shape index (κ3) is 3.27. The number of nitrogens with one attached hydrogen (secondary N) is 1. The zero-order chi connectivity index (χ0) is 17.8. The molecule has 0 radical (unpaired) electrons. The highest BCUT2D eigenvalue weighted by Crippen LogP contribution is 2.20. The molecule has 0 saturated heterocycles. The minimum Gasteiger partial charge on any atom is -0.394 e. The fourth-order valence-corrected chi connectivity index (χ4v) is 2.92. The Morgan fingerprint density at radius 2 is 1.92 bits per heavy atom. The van der Waals surface area contributed by atoms with E-state index in [0.717, 1.165) is 17.7 Å². The topological polar surface area (TPSA) is 93.7 Å². The lowest BCUT2D eigenvalue weighted by molar-refractivity contribution is 0.271. The quantitative estimate of drug-likeness (QED) is 0.527. The van der Waals surface area contributed by atoms with Gasteiger partial charge in [-0.05, 0) is 17.2 Å². The van der Waals surface area contributed by atoms with Crippen molar-refractivity contribution < 1.29 is 5.11 Å². The lowest BCUT2D eigenvalue weighted by Gasteiger charge is -2.11. The van der Waals surface area contributed by atoms with E-state index in [-0.39, 0.29) is 6.61 Å². The van der Waals surface area contributed by atoms with Gasteiger partial charge in [-0.1, -0.05) is 24.3 Å². The van der Waals surface area contributed by atoms with Crippen molar-refractivity contribution in [2.45, 2.75) is 19.6 Å². The van der Waals surface area contributed by atoms with Crippen LogP contribution in [-0.2, 0) is 19.6 Å². The SMILES string of the molecule is OCCn1ncc2c(NCc3ccccc3Cn3cccn3)ncnc21. The number of anilines is 1. The van der Waals surface area contributed by atoms with Crippen LogP contribution in [0.3, 0.4) is 0 Å². The zero-order valence-electron chi connectivity index (χ0n) is 14.2. The Balaban J connectivity index is 1.55. The second-order valence-corrected chi connectivity index (χ2v) is 5.88. The van der Waals surface area contributed by atoms with Gasteiger partial charge in [0.2, 0.25) is 0 Å². The molecule has 0 aliphatic heterocycles. The molecule has 1 aromatic carbocycles. The first-order valence-corrected chi connectivity index (χ1v) is 8.40. The third-order valence-corrected chi connectivity index (χ3v) is 4.20. The maximum absolute atomic E-state index is 9.13. The number of hydrogen-bond acceptors (Lipinski definition) is 6. The largest absolute Gasteiger partial charge is 0.394 e. The molecule has 0 bridgehead atoms. The van der Waals surface area contributed by atoms with Gasteiger partial charge in [0.15, 0.2) is 5.65 Å². The zero-order valence-corrected chi connectivity index (χ0v) is 14.2. The Hall–Kier alpha value is -3.26. The van der Waals surface area contributed by atoms with E-state index in [1.807, 2.05) is 29.1 Å². The van der Waals surface area contributed by atoms with E-state index in [2.05, 4.69) is 37.6 Å². The fourth-order valence-electron chi connectivity index (χ4n) is 2.92. The first-order valence-electron chi connectivity index (χ1n) is 8.40. The molecule has 2 N–H and O–H groups in total. The summed E-state index contributed by atoms with van der Waals surface area (Å²) < 4.78 is 3.58. The van der Waals surface area contributed by atoms with Gasteiger partial charge in [0.05, 0.1) is 31.3 Å². The van der Waals surface area contributed by atoms with Gasteiger partial charge in [-0.2, -0.15) is 10.2 Å². The molecule has 0 spiro atoms. The predicted molar refractivity (Wildman–Crippen MR) is 97.5 cm³/mol. The van der Waals surface area contributed by atoms with Crippen molar-refractivity contribution in [1.29, 1.82) is 0 Å². The standard InChI is InChI=1S/C18H19N7O/c26-9-8-25-18-16(11-23-25)17(20-13-21-18)19-10-14-4-1-2-5-15(14)12-24-7-3-6-22-24/h1-7,11,13,26H,8-10,12H2,(H,19,20,21).